The molecule has 0 amide bonds. The lowest BCUT2D eigenvalue weighted by Crippen LogP contribution is -2.82. The smallest absolute Gasteiger partial charge is 0.404 e. The van der Waals surface area contributed by atoms with E-state index in [1.54, 1.807) is 0 Å². The highest BCUT2D eigenvalue weighted by Gasteiger charge is 2.61. The Balaban J connectivity index is 1.66. The minimum Gasteiger partial charge on any atom is -0.404 e. The molecule has 0 aliphatic carbocycles. The fourth-order valence-electron chi connectivity index (χ4n) is 4.65. The molecule has 1 radical (unpaired) electrons. The van der Waals surface area contributed by atoms with Crippen LogP contribution in [0.4, 0.5) is 0 Å². The Bertz CT molecular complexity index is 1230. The normalized spacial score (nSPS) is 16.9. The zero-order valence-electron chi connectivity index (χ0n) is 19.7. The zero-order chi connectivity index (χ0) is 24.3. The summed E-state index contributed by atoms with van der Waals surface area (Å²) in [5.41, 5.74) is 0. The summed E-state index contributed by atoms with van der Waals surface area (Å²) in [5.74, 6) is 0. The molecule has 1 aliphatic heterocycles. The van der Waals surface area contributed by atoms with Crippen molar-refractivity contribution in [3.05, 3.63) is 152 Å². The van der Waals surface area contributed by atoms with Gasteiger partial charge in [0.15, 0.2) is 0 Å². The van der Waals surface area contributed by atoms with E-state index in [0.717, 1.165) is 25.9 Å². The summed E-state index contributed by atoms with van der Waals surface area (Å²) in [6.07, 6.45) is 0. The van der Waals surface area contributed by atoms with Crippen molar-refractivity contribution in [3.8, 4) is 0 Å². The molecule has 175 valence electrons. The summed E-state index contributed by atoms with van der Waals surface area (Å²) >= 11 is 0. The summed E-state index contributed by atoms with van der Waals surface area (Å²) < 4.78 is 21.8. The number of rotatable bonds is 5. The van der Waals surface area contributed by atoms with Gasteiger partial charge in [0.25, 0.3) is 0 Å². The molecule has 0 spiro atoms. The van der Waals surface area contributed by atoms with Crippen molar-refractivity contribution in [1.82, 2.24) is 0 Å². The van der Waals surface area contributed by atoms with Gasteiger partial charge in [-0.15, -0.1) is 0 Å². The molecule has 1 saturated heterocycles. The summed E-state index contributed by atoms with van der Waals surface area (Å²) in [6, 6.07) is 52.2. The maximum atomic E-state index is 7.52. The summed E-state index contributed by atoms with van der Waals surface area (Å²) in [6.45, 7) is 0. The molecular formula is C30H25O3Si3. The van der Waals surface area contributed by atoms with Crippen LogP contribution in [0.2, 0.25) is 0 Å². The third kappa shape index (κ3) is 4.14. The van der Waals surface area contributed by atoms with Crippen molar-refractivity contribution in [2.45, 2.75) is 0 Å². The van der Waals surface area contributed by atoms with E-state index in [9.17, 15) is 0 Å². The van der Waals surface area contributed by atoms with Crippen molar-refractivity contribution in [3.63, 3.8) is 0 Å². The number of benzene rings is 5. The molecule has 0 bridgehead atoms. The van der Waals surface area contributed by atoms with Crippen molar-refractivity contribution in [2.24, 2.45) is 0 Å². The van der Waals surface area contributed by atoms with Crippen LogP contribution in [0.3, 0.4) is 0 Å². The molecule has 0 aromatic heterocycles. The van der Waals surface area contributed by atoms with Gasteiger partial charge in [0.1, 0.15) is 0 Å². The molecule has 3 nitrogen and oxygen atoms in total. The van der Waals surface area contributed by atoms with Gasteiger partial charge in [-0.05, 0) is 25.9 Å². The average molecular weight is 518 g/mol. The highest BCUT2D eigenvalue weighted by Crippen LogP contribution is 2.26. The standard InChI is InChI=1S/C30H25O3Si3/c1-6-16-26(17-7-1)34-31-35(27-18-8-2-9-19-27,28-20-10-3-11-21-28)33-36(32-34,29-22-12-4-13-23-29)30-24-14-5-15-25-30/h1-25H. The first-order valence-corrected chi connectivity index (χ1v) is 17.0. The molecule has 1 heterocycles. The molecule has 6 rings (SSSR count). The Labute approximate surface area is 215 Å². The van der Waals surface area contributed by atoms with E-state index in [1.807, 2.05) is 30.3 Å². The molecule has 0 atom stereocenters. The monoisotopic (exact) mass is 517 g/mol. The van der Waals surface area contributed by atoms with Gasteiger partial charge < -0.3 is 12.3 Å². The second-order valence-electron chi connectivity index (χ2n) is 8.66. The second-order valence-corrected chi connectivity index (χ2v) is 17.0. The van der Waals surface area contributed by atoms with Crippen LogP contribution in [0.5, 0.6) is 0 Å². The average Bonchev–Trinajstić information content (AvgIpc) is 2.99. The fraction of sp³-hybridized carbons (Fsp3) is 0. The van der Waals surface area contributed by atoms with E-state index in [1.165, 1.54) is 0 Å². The molecule has 5 aromatic rings. The first kappa shape index (κ1) is 23.1. The maximum Gasteiger partial charge on any atom is 0.405 e. The molecule has 1 aliphatic rings. The maximum absolute atomic E-state index is 7.52. The van der Waals surface area contributed by atoms with Gasteiger partial charge in [-0.3, -0.25) is 0 Å². The predicted octanol–water partition coefficient (Wildman–Crippen LogP) is 2.96. The summed E-state index contributed by atoms with van der Waals surface area (Å²) in [5, 5.41) is 5.42. The third-order valence-corrected chi connectivity index (χ3v) is 17.6. The second kappa shape index (κ2) is 9.94. The fourth-order valence-corrected chi connectivity index (χ4v) is 18.4. The Morgan fingerprint density at radius 3 is 0.944 bits per heavy atom. The number of hydrogen-bond acceptors (Lipinski definition) is 3. The molecular weight excluding hydrogens is 493 g/mol. The highest BCUT2D eigenvalue weighted by atomic mass is 28.5. The number of hydrogen-bond donors (Lipinski definition) is 0. The first-order chi connectivity index (χ1) is 17.8. The molecule has 0 unspecified atom stereocenters. The van der Waals surface area contributed by atoms with Crippen LogP contribution in [0.15, 0.2) is 152 Å². The molecule has 1 fully saturated rings. The van der Waals surface area contributed by atoms with E-state index in [0.29, 0.717) is 0 Å². The lowest BCUT2D eigenvalue weighted by molar-refractivity contribution is 0.281. The van der Waals surface area contributed by atoms with Gasteiger partial charge >= 0.3 is 26.4 Å². The Morgan fingerprint density at radius 1 is 0.361 bits per heavy atom. The Hall–Kier alpha value is -3.37. The third-order valence-electron chi connectivity index (χ3n) is 6.39. The van der Waals surface area contributed by atoms with Gasteiger partial charge in [-0.1, -0.05) is 152 Å². The van der Waals surface area contributed by atoms with E-state index in [-0.39, 0.29) is 0 Å². The SMILES string of the molecule is c1ccc([Si]2O[Si](c3ccccc3)(c3ccccc3)O[Si](c3ccccc3)(c3ccccc3)O2)cc1. The molecule has 6 heteroatoms. The topological polar surface area (TPSA) is 27.7 Å². The van der Waals surface area contributed by atoms with Gasteiger partial charge in [0.05, 0.1) is 0 Å². The van der Waals surface area contributed by atoms with Crippen LogP contribution in [-0.2, 0) is 12.3 Å². The van der Waals surface area contributed by atoms with Gasteiger partial charge in [-0.25, -0.2) is 0 Å². The van der Waals surface area contributed by atoms with Crippen LogP contribution in [0.1, 0.15) is 0 Å². The van der Waals surface area contributed by atoms with E-state index >= 15 is 0 Å². The minimum absolute atomic E-state index is 1.08. The summed E-state index contributed by atoms with van der Waals surface area (Å²) in [4.78, 5) is 0. The van der Waals surface area contributed by atoms with E-state index in [2.05, 4.69) is 121 Å². The summed E-state index contributed by atoms with van der Waals surface area (Å²) in [7, 11) is -8.33. The van der Waals surface area contributed by atoms with Crippen LogP contribution < -0.4 is 25.9 Å². The lowest BCUT2D eigenvalue weighted by Gasteiger charge is -2.48. The molecule has 36 heavy (non-hydrogen) atoms. The van der Waals surface area contributed by atoms with Gasteiger partial charge in [0.2, 0.25) is 0 Å². The van der Waals surface area contributed by atoms with E-state index in [4.69, 9.17) is 12.3 Å². The van der Waals surface area contributed by atoms with Crippen LogP contribution in [0.25, 0.3) is 0 Å². The predicted molar refractivity (Wildman–Crippen MR) is 151 cm³/mol. The molecule has 0 N–H and O–H groups in total. The molecule has 0 saturated carbocycles. The van der Waals surface area contributed by atoms with Crippen LogP contribution >= 0.6 is 0 Å². The van der Waals surface area contributed by atoms with Crippen molar-refractivity contribution in [2.75, 3.05) is 0 Å². The molecule has 5 aromatic carbocycles. The van der Waals surface area contributed by atoms with E-state index < -0.39 is 26.4 Å². The lowest BCUT2D eigenvalue weighted by atomic mass is 10.4. The quantitative estimate of drug-likeness (QED) is 0.336. The highest BCUT2D eigenvalue weighted by molar-refractivity contribution is 7.10. The van der Waals surface area contributed by atoms with Crippen molar-refractivity contribution >= 4 is 52.3 Å². The Kier molecular flexibility index (Phi) is 6.37. The van der Waals surface area contributed by atoms with Gasteiger partial charge in [0, 0.05) is 0 Å². The van der Waals surface area contributed by atoms with Crippen molar-refractivity contribution < 1.29 is 12.3 Å². The van der Waals surface area contributed by atoms with Crippen molar-refractivity contribution in [1.29, 1.82) is 0 Å². The van der Waals surface area contributed by atoms with Crippen LogP contribution in [0, 0.1) is 0 Å². The first-order valence-electron chi connectivity index (χ1n) is 12.0. The van der Waals surface area contributed by atoms with Gasteiger partial charge in [-0.2, -0.15) is 0 Å². The zero-order valence-corrected chi connectivity index (χ0v) is 22.7. The van der Waals surface area contributed by atoms with Crippen LogP contribution in [-0.4, -0.2) is 26.4 Å². The largest absolute Gasteiger partial charge is 0.405 e. The Morgan fingerprint density at radius 2 is 0.639 bits per heavy atom. The minimum atomic E-state index is -3.20.